The van der Waals surface area contributed by atoms with Gasteiger partial charge in [-0.25, -0.2) is 9.37 Å². The molecule has 27 heavy (non-hydrogen) atoms. The molecule has 0 unspecified atom stereocenters. The molecule has 0 saturated carbocycles. The molecule has 2 aromatic carbocycles. The van der Waals surface area contributed by atoms with E-state index in [0.29, 0.717) is 11.7 Å². The highest BCUT2D eigenvalue weighted by atomic mass is 32.1. The van der Waals surface area contributed by atoms with Gasteiger partial charge >= 0.3 is 0 Å². The van der Waals surface area contributed by atoms with E-state index < -0.39 is 0 Å². The van der Waals surface area contributed by atoms with Crippen molar-refractivity contribution in [1.29, 1.82) is 0 Å². The minimum atomic E-state index is -0.244. The number of benzene rings is 2. The number of halogens is 1. The number of nitrogens with zero attached hydrogens (tertiary/aromatic N) is 2. The van der Waals surface area contributed by atoms with Crippen molar-refractivity contribution in [2.45, 2.75) is 19.6 Å². The van der Waals surface area contributed by atoms with Crippen LogP contribution in [0, 0.1) is 5.82 Å². The van der Waals surface area contributed by atoms with E-state index in [-0.39, 0.29) is 5.82 Å². The number of aromatic nitrogens is 1. The average Bonchev–Trinajstić information content (AvgIpc) is 3.12. The molecular formula is C21H19FN4S. The lowest BCUT2D eigenvalue weighted by molar-refractivity contribution is 0.627. The predicted octanol–water partition coefficient (Wildman–Crippen LogP) is 4.23. The van der Waals surface area contributed by atoms with Crippen LogP contribution in [0.4, 0.5) is 15.9 Å². The molecule has 0 atom stereocenters. The van der Waals surface area contributed by atoms with Crippen molar-refractivity contribution in [3.05, 3.63) is 89.4 Å². The summed E-state index contributed by atoms with van der Waals surface area (Å²) in [5.41, 5.74) is 4.50. The molecule has 0 fully saturated rings. The monoisotopic (exact) mass is 378 g/mol. The zero-order chi connectivity index (χ0) is 18.6. The summed E-state index contributed by atoms with van der Waals surface area (Å²) in [6.45, 7) is 2.30. The lowest BCUT2D eigenvalue weighted by atomic mass is 10.1. The first-order chi connectivity index (χ1) is 13.2. The fourth-order valence-corrected chi connectivity index (χ4v) is 3.29. The molecule has 4 rings (SSSR count). The van der Waals surface area contributed by atoms with Crippen LogP contribution in [0.25, 0.3) is 0 Å². The first-order valence-electron chi connectivity index (χ1n) is 8.74. The van der Waals surface area contributed by atoms with Crippen LogP contribution in [0.2, 0.25) is 0 Å². The van der Waals surface area contributed by atoms with Gasteiger partial charge < -0.3 is 15.5 Å². The zero-order valence-corrected chi connectivity index (χ0v) is 15.5. The number of hydrogen-bond acceptors (Lipinski definition) is 3. The molecule has 6 heteroatoms. The van der Waals surface area contributed by atoms with Gasteiger partial charge in [-0.3, -0.25) is 0 Å². The van der Waals surface area contributed by atoms with E-state index in [1.54, 1.807) is 18.3 Å². The van der Waals surface area contributed by atoms with Crippen LogP contribution in [0.5, 0.6) is 0 Å². The summed E-state index contributed by atoms with van der Waals surface area (Å²) < 4.78 is 12.9. The first-order valence-corrected chi connectivity index (χ1v) is 9.15. The molecule has 1 aromatic heterocycles. The van der Waals surface area contributed by atoms with Crippen molar-refractivity contribution < 1.29 is 4.39 Å². The average molecular weight is 378 g/mol. The molecule has 0 spiro atoms. The van der Waals surface area contributed by atoms with Crippen LogP contribution in [0.3, 0.4) is 0 Å². The van der Waals surface area contributed by atoms with E-state index in [2.05, 4.69) is 44.8 Å². The third-order valence-electron chi connectivity index (χ3n) is 4.54. The molecule has 0 saturated heterocycles. The number of fused-ring (bicyclic) bond motifs is 1. The maximum atomic E-state index is 12.9. The number of hydrogen-bond donors (Lipinski definition) is 2. The highest BCUT2D eigenvalue weighted by Crippen LogP contribution is 2.27. The Balaban J connectivity index is 1.31. The summed E-state index contributed by atoms with van der Waals surface area (Å²) >= 11 is 5.31. The number of nitrogens with one attached hydrogen (secondary N) is 2. The molecule has 2 N–H and O–H groups in total. The highest BCUT2D eigenvalue weighted by molar-refractivity contribution is 7.80. The van der Waals surface area contributed by atoms with E-state index in [1.807, 2.05) is 12.1 Å². The smallest absolute Gasteiger partial charge is 0.171 e. The summed E-state index contributed by atoms with van der Waals surface area (Å²) in [5.74, 6) is 0.702. The van der Waals surface area contributed by atoms with Crippen molar-refractivity contribution in [3.8, 4) is 0 Å². The van der Waals surface area contributed by atoms with Crippen LogP contribution in [-0.2, 0) is 19.6 Å². The normalized spacial score (nSPS) is 12.6. The molecule has 136 valence electrons. The Kier molecular flexibility index (Phi) is 4.98. The Hall–Kier alpha value is -2.99. The van der Waals surface area contributed by atoms with Crippen molar-refractivity contribution in [3.63, 3.8) is 0 Å². The van der Waals surface area contributed by atoms with Crippen LogP contribution in [0.15, 0.2) is 66.9 Å². The second-order valence-corrected chi connectivity index (χ2v) is 6.87. The van der Waals surface area contributed by atoms with Crippen molar-refractivity contribution in [1.82, 2.24) is 10.3 Å². The van der Waals surface area contributed by atoms with E-state index in [4.69, 9.17) is 12.2 Å². The van der Waals surface area contributed by atoms with Gasteiger partial charge in [-0.1, -0.05) is 36.4 Å². The Bertz CT molecular complexity index is 916. The summed E-state index contributed by atoms with van der Waals surface area (Å²) in [6.07, 6.45) is 1.78. The summed E-state index contributed by atoms with van der Waals surface area (Å²) in [6, 6.07) is 18.8. The standard InChI is InChI=1S/C21H19FN4S/c22-18-7-5-15(6-8-18)11-24-21(27)25-19-9-10-20(23-12-19)26-13-16-3-1-2-4-17(16)14-26/h1-10,12H,11,13-14H2,(H2,24,25,27). The largest absolute Gasteiger partial charge is 0.358 e. The number of pyridine rings is 1. The highest BCUT2D eigenvalue weighted by Gasteiger charge is 2.19. The summed E-state index contributed by atoms with van der Waals surface area (Å²) in [4.78, 5) is 6.81. The summed E-state index contributed by atoms with van der Waals surface area (Å²) in [5, 5.41) is 6.73. The van der Waals surface area contributed by atoms with Gasteiger partial charge in [-0.2, -0.15) is 0 Å². The maximum Gasteiger partial charge on any atom is 0.171 e. The Labute approximate surface area is 163 Å². The van der Waals surface area contributed by atoms with E-state index in [1.165, 1.54) is 23.3 Å². The van der Waals surface area contributed by atoms with E-state index >= 15 is 0 Å². The SMILES string of the molecule is Fc1ccc(CNC(=S)Nc2ccc(N3Cc4ccccc4C3)nc2)cc1. The minimum absolute atomic E-state index is 0.244. The van der Waals surface area contributed by atoms with Crippen molar-refractivity contribution in [2.24, 2.45) is 0 Å². The van der Waals surface area contributed by atoms with Crippen LogP contribution < -0.4 is 15.5 Å². The van der Waals surface area contributed by atoms with E-state index in [9.17, 15) is 4.39 Å². The lowest BCUT2D eigenvalue weighted by Gasteiger charge is -2.17. The third kappa shape index (κ3) is 4.23. The minimum Gasteiger partial charge on any atom is -0.358 e. The quantitative estimate of drug-likeness (QED) is 0.665. The van der Waals surface area contributed by atoms with Gasteiger partial charge in [-0.05, 0) is 53.2 Å². The van der Waals surface area contributed by atoms with Gasteiger partial charge in [0.05, 0.1) is 11.9 Å². The molecular weight excluding hydrogens is 359 g/mol. The van der Waals surface area contributed by atoms with Crippen LogP contribution in [0.1, 0.15) is 16.7 Å². The molecule has 1 aliphatic heterocycles. The fraction of sp³-hybridized carbons (Fsp3) is 0.143. The third-order valence-corrected chi connectivity index (χ3v) is 4.78. The van der Waals surface area contributed by atoms with Gasteiger partial charge in [-0.15, -0.1) is 0 Å². The van der Waals surface area contributed by atoms with Crippen LogP contribution >= 0.6 is 12.2 Å². The zero-order valence-electron chi connectivity index (χ0n) is 14.7. The Morgan fingerprint density at radius 1 is 1.00 bits per heavy atom. The predicted molar refractivity (Wildman–Crippen MR) is 110 cm³/mol. The molecule has 0 amide bonds. The molecule has 3 aromatic rings. The van der Waals surface area contributed by atoms with Gasteiger partial charge in [0.25, 0.3) is 0 Å². The van der Waals surface area contributed by atoms with Gasteiger partial charge in [0.1, 0.15) is 11.6 Å². The Morgan fingerprint density at radius 2 is 1.70 bits per heavy atom. The molecule has 2 heterocycles. The van der Waals surface area contributed by atoms with Gasteiger partial charge in [0, 0.05) is 19.6 Å². The topological polar surface area (TPSA) is 40.2 Å². The number of rotatable bonds is 4. The Morgan fingerprint density at radius 3 is 2.33 bits per heavy atom. The van der Waals surface area contributed by atoms with E-state index in [0.717, 1.165) is 30.2 Å². The number of anilines is 2. The summed E-state index contributed by atoms with van der Waals surface area (Å²) in [7, 11) is 0. The van der Waals surface area contributed by atoms with Crippen molar-refractivity contribution >= 4 is 28.8 Å². The lowest BCUT2D eigenvalue weighted by Crippen LogP contribution is -2.28. The fourth-order valence-electron chi connectivity index (χ4n) is 3.10. The molecule has 1 aliphatic rings. The second-order valence-electron chi connectivity index (χ2n) is 6.46. The number of thiocarbonyl (C=S) groups is 1. The molecule has 4 nitrogen and oxygen atoms in total. The van der Waals surface area contributed by atoms with Crippen molar-refractivity contribution in [2.75, 3.05) is 10.2 Å². The maximum absolute atomic E-state index is 12.9. The van der Waals surface area contributed by atoms with Gasteiger partial charge in [0.15, 0.2) is 5.11 Å². The molecule has 0 radical (unpaired) electrons. The molecule has 0 aliphatic carbocycles. The molecule has 0 bridgehead atoms. The van der Waals surface area contributed by atoms with Crippen LogP contribution in [-0.4, -0.2) is 10.1 Å². The second kappa shape index (κ2) is 7.72. The van der Waals surface area contributed by atoms with Gasteiger partial charge in [0.2, 0.25) is 0 Å². The first kappa shape index (κ1) is 17.4.